The van der Waals surface area contributed by atoms with Gasteiger partial charge in [-0.05, 0) is 43.5 Å². The predicted molar refractivity (Wildman–Crippen MR) is 85.8 cm³/mol. The van der Waals surface area contributed by atoms with Gasteiger partial charge in [0.05, 0.1) is 0 Å². The number of thioether (sulfide) groups is 1. The fraction of sp³-hybridized carbons (Fsp3) is 0.500. The van der Waals surface area contributed by atoms with E-state index in [1.54, 1.807) is 11.8 Å². The highest BCUT2D eigenvalue weighted by Gasteiger charge is 2.15. The number of carboxylic acid groups (broad SMARTS) is 1. The van der Waals surface area contributed by atoms with E-state index in [9.17, 15) is 9.59 Å². The van der Waals surface area contributed by atoms with Gasteiger partial charge in [-0.15, -0.1) is 11.8 Å². The van der Waals surface area contributed by atoms with Gasteiger partial charge in [0.2, 0.25) is 5.91 Å². The zero-order valence-electron chi connectivity index (χ0n) is 12.9. The maximum Gasteiger partial charge on any atom is 0.323 e. The van der Waals surface area contributed by atoms with Crippen molar-refractivity contribution in [1.29, 1.82) is 0 Å². The second-order valence-corrected chi connectivity index (χ2v) is 6.22. The van der Waals surface area contributed by atoms with Crippen LogP contribution >= 0.6 is 11.8 Å². The molecule has 0 atom stereocenters. The summed E-state index contributed by atoms with van der Waals surface area (Å²) in [5, 5.41) is 8.82. The molecule has 1 N–H and O–H groups in total. The Hall–Kier alpha value is -1.49. The number of hydrogen-bond acceptors (Lipinski definition) is 3. The molecular formula is C16H23NO3S. The zero-order valence-corrected chi connectivity index (χ0v) is 13.7. The van der Waals surface area contributed by atoms with Gasteiger partial charge in [-0.1, -0.05) is 13.0 Å². The summed E-state index contributed by atoms with van der Waals surface area (Å²) in [6.07, 6.45) is 1.13. The maximum absolute atomic E-state index is 12.0. The van der Waals surface area contributed by atoms with E-state index in [2.05, 4.69) is 32.0 Å². The first-order valence-corrected chi connectivity index (χ1v) is 8.12. The summed E-state index contributed by atoms with van der Waals surface area (Å²) in [4.78, 5) is 25.3. The number of aryl methyl sites for hydroxylation is 2. The molecule has 4 nitrogen and oxygen atoms in total. The Kier molecular flexibility index (Phi) is 7.29. The van der Waals surface area contributed by atoms with E-state index in [0.29, 0.717) is 18.7 Å². The number of carboxylic acids is 1. The van der Waals surface area contributed by atoms with Gasteiger partial charge in [-0.3, -0.25) is 9.59 Å². The van der Waals surface area contributed by atoms with Gasteiger partial charge in [0.1, 0.15) is 6.54 Å². The molecule has 0 fully saturated rings. The van der Waals surface area contributed by atoms with Crippen molar-refractivity contribution in [3.63, 3.8) is 0 Å². The molecule has 0 radical (unpaired) electrons. The van der Waals surface area contributed by atoms with Gasteiger partial charge in [-0.25, -0.2) is 0 Å². The molecule has 1 aromatic carbocycles. The maximum atomic E-state index is 12.0. The molecule has 1 rings (SSSR count). The Morgan fingerprint density at radius 3 is 2.52 bits per heavy atom. The molecule has 1 aromatic rings. The first-order chi connectivity index (χ1) is 9.93. The Labute approximate surface area is 130 Å². The molecule has 116 valence electrons. The number of aliphatic carboxylic acids is 1. The summed E-state index contributed by atoms with van der Waals surface area (Å²) in [7, 11) is 0. The molecule has 5 heteroatoms. The molecule has 0 saturated carbocycles. The fourth-order valence-corrected chi connectivity index (χ4v) is 2.88. The normalized spacial score (nSPS) is 10.4. The first kappa shape index (κ1) is 17.6. The summed E-state index contributed by atoms with van der Waals surface area (Å²) in [5.41, 5.74) is 2.50. The predicted octanol–water partition coefficient (Wildman–Crippen LogP) is 3.11. The van der Waals surface area contributed by atoms with E-state index in [0.717, 1.165) is 11.3 Å². The highest BCUT2D eigenvalue weighted by molar-refractivity contribution is 7.99. The molecule has 21 heavy (non-hydrogen) atoms. The third kappa shape index (κ3) is 6.21. The SMILES string of the molecule is CCCN(CC(=O)O)C(=O)CCSc1ccc(C)c(C)c1. The Balaban J connectivity index is 2.47. The number of benzene rings is 1. The van der Waals surface area contributed by atoms with Crippen LogP contribution in [0.3, 0.4) is 0 Å². The average molecular weight is 309 g/mol. The summed E-state index contributed by atoms with van der Waals surface area (Å²) in [5.74, 6) is -0.379. The molecule has 0 spiro atoms. The van der Waals surface area contributed by atoms with E-state index >= 15 is 0 Å². The van der Waals surface area contributed by atoms with Crippen LogP contribution in [0.25, 0.3) is 0 Å². The topological polar surface area (TPSA) is 57.6 Å². The lowest BCUT2D eigenvalue weighted by Crippen LogP contribution is -2.36. The first-order valence-electron chi connectivity index (χ1n) is 7.13. The molecule has 0 unspecified atom stereocenters. The van der Waals surface area contributed by atoms with E-state index in [4.69, 9.17) is 5.11 Å². The summed E-state index contributed by atoms with van der Waals surface area (Å²) < 4.78 is 0. The van der Waals surface area contributed by atoms with Crippen LogP contribution in [0.4, 0.5) is 0 Å². The van der Waals surface area contributed by atoms with Gasteiger partial charge in [0, 0.05) is 23.6 Å². The third-order valence-corrected chi connectivity index (χ3v) is 4.23. The minimum absolute atomic E-state index is 0.0874. The molecule has 0 aliphatic heterocycles. The molecule has 1 amide bonds. The van der Waals surface area contributed by atoms with Crippen LogP contribution in [-0.2, 0) is 9.59 Å². The Bertz CT molecular complexity index is 502. The molecule has 0 aromatic heterocycles. The van der Waals surface area contributed by atoms with E-state index in [-0.39, 0.29) is 12.5 Å². The van der Waals surface area contributed by atoms with Crippen molar-refractivity contribution in [2.45, 2.75) is 38.5 Å². The smallest absolute Gasteiger partial charge is 0.323 e. The van der Waals surface area contributed by atoms with Gasteiger partial charge in [0.25, 0.3) is 0 Å². The van der Waals surface area contributed by atoms with Gasteiger partial charge >= 0.3 is 5.97 Å². The lowest BCUT2D eigenvalue weighted by molar-refractivity contribution is -0.144. The minimum atomic E-state index is -0.960. The van der Waals surface area contributed by atoms with Crippen LogP contribution in [0.15, 0.2) is 23.1 Å². The number of rotatable bonds is 8. The molecular weight excluding hydrogens is 286 g/mol. The van der Waals surface area contributed by atoms with Crippen LogP contribution in [0.2, 0.25) is 0 Å². The lowest BCUT2D eigenvalue weighted by atomic mass is 10.1. The monoisotopic (exact) mass is 309 g/mol. The number of amides is 1. The van der Waals surface area contributed by atoms with Crippen LogP contribution in [-0.4, -0.2) is 40.7 Å². The number of hydrogen-bond donors (Lipinski definition) is 1. The van der Waals surface area contributed by atoms with Crippen LogP contribution < -0.4 is 0 Å². The van der Waals surface area contributed by atoms with Crippen LogP contribution in [0.1, 0.15) is 30.9 Å². The Morgan fingerprint density at radius 2 is 1.95 bits per heavy atom. The summed E-state index contributed by atoms with van der Waals surface area (Å²) in [6, 6.07) is 6.25. The molecule has 0 heterocycles. The standard InChI is InChI=1S/C16H23NO3S/c1-4-8-17(11-16(19)20)15(18)7-9-21-14-6-5-12(2)13(3)10-14/h5-6,10H,4,7-9,11H2,1-3H3,(H,19,20). The van der Waals surface area contributed by atoms with E-state index in [1.807, 2.05) is 6.92 Å². The van der Waals surface area contributed by atoms with Crippen molar-refractivity contribution in [3.8, 4) is 0 Å². The van der Waals surface area contributed by atoms with Crippen molar-refractivity contribution < 1.29 is 14.7 Å². The van der Waals surface area contributed by atoms with Crippen molar-refractivity contribution in [3.05, 3.63) is 29.3 Å². The largest absolute Gasteiger partial charge is 0.480 e. The lowest BCUT2D eigenvalue weighted by Gasteiger charge is -2.19. The van der Waals surface area contributed by atoms with Gasteiger partial charge in [-0.2, -0.15) is 0 Å². The number of carbonyl (C=O) groups is 2. The molecule has 0 bridgehead atoms. The van der Waals surface area contributed by atoms with Crippen LogP contribution in [0, 0.1) is 13.8 Å². The number of nitrogens with zero attached hydrogens (tertiary/aromatic N) is 1. The summed E-state index contributed by atoms with van der Waals surface area (Å²) >= 11 is 1.63. The van der Waals surface area contributed by atoms with Crippen molar-refractivity contribution in [2.75, 3.05) is 18.8 Å². The Morgan fingerprint density at radius 1 is 1.24 bits per heavy atom. The van der Waals surface area contributed by atoms with Gasteiger partial charge in [0.15, 0.2) is 0 Å². The van der Waals surface area contributed by atoms with Gasteiger partial charge < -0.3 is 10.0 Å². The van der Waals surface area contributed by atoms with E-state index < -0.39 is 5.97 Å². The quantitative estimate of drug-likeness (QED) is 0.750. The molecule has 0 aliphatic carbocycles. The van der Waals surface area contributed by atoms with Crippen molar-refractivity contribution in [1.82, 2.24) is 4.90 Å². The fourth-order valence-electron chi connectivity index (χ4n) is 1.94. The zero-order chi connectivity index (χ0) is 15.8. The van der Waals surface area contributed by atoms with Crippen LogP contribution in [0.5, 0.6) is 0 Å². The second kappa shape index (κ2) is 8.72. The highest BCUT2D eigenvalue weighted by Crippen LogP contribution is 2.21. The second-order valence-electron chi connectivity index (χ2n) is 5.05. The average Bonchev–Trinajstić information content (AvgIpc) is 2.41. The minimum Gasteiger partial charge on any atom is -0.480 e. The van der Waals surface area contributed by atoms with Crippen molar-refractivity contribution >= 4 is 23.6 Å². The molecule has 0 aliphatic rings. The third-order valence-electron chi connectivity index (χ3n) is 3.24. The molecule has 0 saturated heterocycles. The number of carbonyl (C=O) groups excluding carboxylic acids is 1. The van der Waals surface area contributed by atoms with E-state index in [1.165, 1.54) is 16.0 Å². The van der Waals surface area contributed by atoms with Crippen molar-refractivity contribution in [2.24, 2.45) is 0 Å². The highest BCUT2D eigenvalue weighted by atomic mass is 32.2. The summed E-state index contributed by atoms with van der Waals surface area (Å²) in [6.45, 7) is 6.37.